The minimum absolute atomic E-state index is 0.513. The van der Waals surface area contributed by atoms with Gasteiger partial charge >= 0.3 is 0 Å². The Labute approximate surface area is 149 Å². The van der Waals surface area contributed by atoms with E-state index in [-0.39, 0.29) is 0 Å². The first-order valence-corrected chi connectivity index (χ1v) is 9.41. The summed E-state index contributed by atoms with van der Waals surface area (Å²) in [4.78, 5) is 11.8. The van der Waals surface area contributed by atoms with Gasteiger partial charge in [0.05, 0.1) is 12.0 Å². The van der Waals surface area contributed by atoms with E-state index < -0.39 is 0 Å². The van der Waals surface area contributed by atoms with E-state index in [2.05, 4.69) is 29.8 Å². The van der Waals surface area contributed by atoms with Gasteiger partial charge in [0.2, 0.25) is 0 Å². The van der Waals surface area contributed by atoms with E-state index >= 15 is 0 Å². The highest BCUT2D eigenvalue weighted by Gasteiger charge is 2.51. The van der Waals surface area contributed by atoms with Gasteiger partial charge in [-0.25, -0.2) is 9.97 Å². The van der Waals surface area contributed by atoms with Crippen LogP contribution in [0.1, 0.15) is 37.9 Å². The van der Waals surface area contributed by atoms with Crippen molar-refractivity contribution in [3.05, 3.63) is 47.5 Å². The standard InChI is InChI=1S/C21H25N3O/c1-21(2)16-6-5-14(17(21)10-16)12-24-8-7-18-15(13-24)11-22-20(23-18)19-4-3-9-25-19/h3-5,9,11,16-17H,6-8,10,12-13H2,1-2H3. The number of hydrogen-bond acceptors (Lipinski definition) is 4. The third kappa shape index (κ3) is 2.46. The van der Waals surface area contributed by atoms with Crippen LogP contribution in [0.5, 0.6) is 0 Å². The number of allylic oxidation sites excluding steroid dienone is 1. The molecule has 6 rings (SSSR count). The molecule has 2 bridgehead atoms. The number of furan rings is 1. The molecule has 130 valence electrons. The Morgan fingerprint density at radius 3 is 3.04 bits per heavy atom. The monoisotopic (exact) mass is 335 g/mol. The normalized spacial score (nSPS) is 27.4. The molecular formula is C21H25N3O. The van der Waals surface area contributed by atoms with Crippen LogP contribution in [0.4, 0.5) is 0 Å². The average Bonchev–Trinajstić information content (AvgIpc) is 3.16. The summed E-state index contributed by atoms with van der Waals surface area (Å²) in [6.07, 6.45) is 9.86. The topological polar surface area (TPSA) is 42.2 Å². The zero-order chi connectivity index (χ0) is 17.0. The summed E-state index contributed by atoms with van der Waals surface area (Å²) in [6, 6.07) is 3.80. The Bertz CT molecular complexity index is 822. The third-order valence-corrected chi connectivity index (χ3v) is 6.74. The zero-order valence-electron chi connectivity index (χ0n) is 15.0. The molecule has 2 unspecified atom stereocenters. The zero-order valence-corrected chi connectivity index (χ0v) is 15.0. The van der Waals surface area contributed by atoms with Crippen molar-refractivity contribution >= 4 is 0 Å². The lowest BCUT2D eigenvalue weighted by Gasteiger charge is -2.57. The second-order valence-electron chi connectivity index (χ2n) is 8.42. The van der Waals surface area contributed by atoms with E-state index in [1.165, 1.54) is 24.1 Å². The van der Waals surface area contributed by atoms with E-state index in [4.69, 9.17) is 9.40 Å². The number of hydrogen-bond donors (Lipinski definition) is 0. The number of aromatic nitrogens is 2. The van der Waals surface area contributed by atoms with Crippen molar-refractivity contribution in [2.24, 2.45) is 17.3 Å². The molecule has 2 aromatic heterocycles. The molecule has 1 aliphatic heterocycles. The van der Waals surface area contributed by atoms with Gasteiger partial charge in [0.1, 0.15) is 0 Å². The van der Waals surface area contributed by atoms with Crippen molar-refractivity contribution in [3.8, 4) is 11.6 Å². The van der Waals surface area contributed by atoms with Crippen LogP contribution in [-0.4, -0.2) is 28.0 Å². The van der Waals surface area contributed by atoms with Crippen molar-refractivity contribution in [2.45, 2.75) is 39.7 Å². The van der Waals surface area contributed by atoms with Crippen LogP contribution in [0.3, 0.4) is 0 Å². The fourth-order valence-electron chi connectivity index (χ4n) is 4.95. The van der Waals surface area contributed by atoms with Gasteiger partial charge in [0.15, 0.2) is 11.6 Å². The second kappa shape index (κ2) is 5.53. The Kier molecular flexibility index (Phi) is 3.39. The maximum atomic E-state index is 5.43. The molecule has 0 amide bonds. The first-order valence-electron chi connectivity index (χ1n) is 9.41. The minimum Gasteiger partial charge on any atom is -0.461 e. The molecule has 0 spiro atoms. The Morgan fingerprint density at radius 2 is 2.28 bits per heavy atom. The SMILES string of the molecule is CC1(C)C2CC=C(CN3CCc4nc(-c5ccco5)ncc4C3)C1C2. The van der Waals surface area contributed by atoms with Crippen molar-refractivity contribution in [3.63, 3.8) is 0 Å². The summed E-state index contributed by atoms with van der Waals surface area (Å²) < 4.78 is 5.43. The first kappa shape index (κ1) is 15.3. The molecule has 0 radical (unpaired) electrons. The molecule has 2 aromatic rings. The van der Waals surface area contributed by atoms with Crippen molar-refractivity contribution in [1.82, 2.24) is 14.9 Å². The van der Waals surface area contributed by atoms with Gasteiger partial charge in [-0.15, -0.1) is 0 Å². The summed E-state index contributed by atoms with van der Waals surface area (Å²) in [5.74, 6) is 3.16. The smallest absolute Gasteiger partial charge is 0.195 e. The maximum absolute atomic E-state index is 5.43. The van der Waals surface area contributed by atoms with Crippen LogP contribution in [-0.2, 0) is 13.0 Å². The fraction of sp³-hybridized carbons (Fsp3) is 0.524. The molecule has 1 fully saturated rings. The van der Waals surface area contributed by atoms with Gasteiger partial charge in [-0.1, -0.05) is 25.5 Å². The average molecular weight is 335 g/mol. The quantitative estimate of drug-likeness (QED) is 0.793. The van der Waals surface area contributed by atoms with Crippen LogP contribution in [0.25, 0.3) is 11.6 Å². The summed E-state index contributed by atoms with van der Waals surface area (Å²) >= 11 is 0. The van der Waals surface area contributed by atoms with E-state index in [0.29, 0.717) is 11.2 Å². The lowest BCUT2D eigenvalue weighted by molar-refractivity contribution is -0.0110. The van der Waals surface area contributed by atoms with Crippen LogP contribution in [0.2, 0.25) is 0 Å². The molecule has 25 heavy (non-hydrogen) atoms. The summed E-state index contributed by atoms with van der Waals surface area (Å²) in [7, 11) is 0. The molecule has 4 nitrogen and oxygen atoms in total. The molecule has 0 N–H and O–H groups in total. The molecular weight excluding hydrogens is 310 g/mol. The first-order chi connectivity index (χ1) is 12.1. The molecule has 4 heteroatoms. The molecule has 3 heterocycles. The van der Waals surface area contributed by atoms with Crippen LogP contribution in [0.15, 0.2) is 40.7 Å². The molecule has 1 saturated carbocycles. The highest BCUT2D eigenvalue weighted by atomic mass is 16.3. The third-order valence-electron chi connectivity index (χ3n) is 6.74. The van der Waals surface area contributed by atoms with E-state index in [0.717, 1.165) is 43.7 Å². The Morgan fingerprint density at radius 1 is 1.36 bits per heavy atom. The fourth-order valence-corrected chi connectivity index (χ4v) is 4.95. The predicted octanol–water partition coefficient (Wildman–Crippen LogP) is 4.09. The minimum atomic E-state index is 0.513. The van der Waals surface area contributed by atoms with E-state index in [1.807, 2.05) is 18.3 Å². The van der Waals surface area contributed by atoms with Gasteiger partial charge < -0.3 is 4.42 Å². The van der Waals surface area contributed by atoms with E-state index in [9.17, 15) is 0 Å². The summed E-state index contributed by atoms with van der Waals surface area (Å²) in [6.45, 7) is 8.06. The van der Waals surface area contributed by atoms with Gasteiger partial charge in [-0.2, -0.15) is 0 Å². The number of rotatable bonds is 3. The van der Waals surface area contributed by atoms with Gasteiger partial charge in [-0.05, 0) is 42.2 Å². The van der Waals surface area contributed by atoms with Crippen molar-refractivity contribution in [1.29, 1.82) is 0 Å². The summed E-state index contributed by atoms with van der Waals surface area (Å²) in [5, 5.41) is 0. The van der Waals surface area contributed by atoms with Crippen molar-refractivity contribution < 1.29 is 4.42 Å². The predicted molar refractivity (Wildman–Crippen MR) is 96.8 cm³/mol. The molecule has 3 aliphatic carbocycles. The van der Waals surface area contributed by atoms with Crippen molar-refractivity contribution in [2.75, 3.05) is 13.1 Å². The summed E-state index contributed by atoms with van der Waals surface area (Å²) in [5.41, 5.74) is 4.63. The maximum Gasteiger partial charge on any atom is 0.195 e. The lowest BCUT2D eigenvalue weighted by Crippen LogP contribution is -2.50. The molecule has 2 atom stereocenters. The Hall–Kier alpha value is -1.94. The highest BCUT2D eigenvalue weighted by Crippen LogP contribution is 2.59. The Balaban J connectivity index is 1.31. The van der Waals surface area contributed by atoms with E-state index in [1.54, 1.807) is 11.8 Å². The molecule has 4 aliphatic rings. The van der Waals surface area contributed by atoms with Crippen LogP contribution >= 0.6 is 0 Å². The number of nitrogens with zero attached hydrogens (tertiary/aromatic N) is 3. The van der Waals surface area contributed by atoms with Gasteiger partial charge in [0, 0.05) is 37.8 Å². The number of fused-ring (bicyclic) bond motifs is 2. The second-order valence-corrected chi connectivity index (χ2v) is 8.42. The van der Waals surface area contributed by atoms with Gasteiger partial charge in [-0.3, -0.25) is 4.90 Å². The molecule has 0 aromatic carbocycles. The highest BCUT2D eigenvalue weighted by molar-refractivity contribution is 5.47. The van der Waals surface area contributed by atoms with Crippen LogP contribution in [0, 0.1) is 17.3 Å². The largest absolute Gasteiger partial charge is 0.461 e. The molecule has 0 saturated heterocycles. The van der Waals surface area contributed by atoms with Crippen LogP contribution < -0.4 is 0 Å². The van der Waals surface area contributed by atoms with Gasteiger partial charge in [0.25, 0.3) is 0 Å². The lowest BCUT2D eigenvalue weighted by atomic mass is 9.49.